The zero-order chi connectivity index (χ0) is 24.8. The van der Waals surface area contributed by atoms with E-state index in [4.69, 9.17) is 9.26 Å². The molecular formula is C29H30N2O4. The Morgan fingerprint density at radius 2 is 1.77 bits per heavy atom. The van der Waals surface area contributed by atoms with Gasteiger partial charge in [0, 0.05) is 0 Å². The first-order valence-corrected chi connectivity index (χ1v) is 11.6. The van der Waals surface area contributed by atoms with Crippen LogP contribution >= 0.6 is 0 Å². The molecule has 4 aromatic rings. The zero-order valence-corrected chi connectivity index (χ0v) is 20.2. The molecule has 0 aliphatic carbocycles. The molecule has 0 aliphatic heterocycles. The summed E-state index contributed by atoms with van der Waals surface area (Å²) in [4.78, 5) is 13.0. The Labute approximate surface area is 205 Å². The first-order valence-electron chi connectivity index (χ1n) is 11.6. The molecule has 180 valence electrons. The predicted molar refractivity (Wildman–Crippen MR) is 134 cm³/mol. The van der Waals surface area contributed by atoms with Crippen LogP contribution in [0.1, 0.15) is 50.9 Å². The number of nitrogens with one attached hydrogen (secondary N) is 1. The number of benzene rings is 3. The second kappa shape index (κ2) is 11.0. The average Bonchev–Trinajstić information content (AvgIpc) is 3.22. The number of aromatic nitrogens is 1. The second-order valence-corrected chi connectivity index (χ2v) is 8.70. The van der Waals surface area contributed by atoms with Crippen molar-refractivity contribution in [1.29, 1.82) is 0 Å². The van der Waals surface area contributed by atoms with Gasteiger partial charge in [-0.3, -0.25) is 4.79 Å². The van der Waals surface area contributed by atoms with Crippen molar-refractivity contribution < 1.29 is 19.2 Å². The molecule has 1 unspecified atom stereocenters. The molecule has 1 heterocycles. The van der Waals surface area contributed by atoms with Crippen molar-refractivity contribution in [1.82, 2.24) is 10.5 Å². The summed E-state index contributed by atoms with van der Waals surface area (Å²) in [5.74, 6) is 1.23. The summed E-state index contributed by atoms with van der Waals surface area (Å²) in [5, 5.41) is 16.4. The van der Waals surface area contributed by atoms with Crippen LogP contribution in [0.15, 0.2) is 77.3 Å². The van der Waals surface area contributed by atoms with Gasteiger partial charge in [0.25, 0.3) is 0 Å². The SMILES string of the molecule is Cc1ccc(C(NC(=O)Cc2ccc(OCc3c(CO)noc3C)cc2)c2ccccc2)c(C)c1. The summed E-state index contributed by atoms with van der Waals surface area (Å²) < 4.78 is 10.9. The van der Waals surface area contributed by atoms with Crippen LogP contribution in [-0.2, 0) is 24.4 Å². The Morgan fingerprint density at radius 1 is 1.03 bits per heavy atom. The number of aliphatic hydroxyl groups excluding tert-OH is 1. The van der Waals surface area contributed by atoms with Gasteiger partial charge >= 0.3 is 0 Å². The standard InChI is InChI=1S/C29H30N2O4/c1-19-9-14-25(20(2)15-19)29(23-7-5-4-6-8-23)30-28(33)16-22-10-12-24(13-11-22)34-18-26-21(3)35-31-27(26)17-32/h4-15,29,32H,16-18H2,1-3H3,(H,30,33). The fourth-order valence-electron chi connectivity index (χ4n) is 4.14. The summed E-state index contributed by atoms with van der Waals surface area (Å²) in [6.07, 6.45) is 0.258. The van der Waals surface area contributed by atoms with Gasteiger partial charge in [0.1, 0.15) is 23.8 Å². The Bertz CT molecular complexity index is 1280. The maximum absolute atomic E-state index is 13.0. The first-order chi connectivity index (χ1) is 16.9. The van der Waals surface area contributed by atoms with Crippen LogP contribution in [0, 0.1) is 20.8 Å². The van der Waals surface area contributed by atoms with Crippen LogP contribution in [-0.4, -0.2) is 16.2 Å². The quantitative estimate of drug-likeness (QED) is 0.355. The minimum absolute atomic E-state index is 0.0554. The molecule has 4 rings (SSSR count). The first kappa shape index (κ1) is 24.2. The molecule has 0 aliphatic rings. The third-order valence-electron chi connectivity index (χ3n) is 6.06. The number of amides is 1. The second-order valence-electron chi connectivity index (χ2n) is 8.70. The molecule has 0 fully saturated rings. The molecule has 0 spiro atoms. The Morgan fingerprint density at radius 3 is 2.46 bits per heavy atom. The van der Waals surface area contributed by atoms with Gasteiger partial charge in [-0.2, -0.15) is 0 Å². The van der Waals surface area contributed by atoms with E-state index < -0.39 is 0 Å². The maximum Gasteiger partial charge on any atom is 0.225 e. The lowest BCUT2D eigenvalue weighted by Crippen LogP contribution is -2.31. The van der Waals surface area contributed by atoms with Crippen molar-refractivity contribution in [2.75, 3.05) is 0 Å². The molecule has 0 saturated heterocycles. The normalized spacial score (nSPS) is 11.8. The number of aryl methyl sites for hydroxylation is 3. The minimum atomic E-state index is -0.223. The summed E-state index contributed by atoms with van der Waals surface area (Å²) in [6, 6.07) is 23.6. The lowest BCUT2D eigenvalue weighted by atomic mass is 9.93. The number of ether oxygens (including phenoxy) is 1. The van der Waals surface area contributed by atoms with E-state index in [1.807, 2.05) is 54.6 Å². The predicted octanol–water partition coefficient (Wildman–Crippen LogP) is 5.12. The fraction of sp³-hybridized carbons (Fsp3) is 0.241. The molecule has 6 heteroatoms. The van der Waals surface area contributed by atoms with Crippen LogP contribution in [0.5, 0.6) is 5.75 Å². The monoisotopic (exact) mass is 470 g/mol. The van der Waals surface area contributed by atoms with Gasteiger partial charge in [-0.1, -0.05) is 71.4 Å². The Hall–Kier alpha value is -3.90. The highest BCUT2D eigenvalue weighted by atomic mass is 16.5. The molecule has 1 atom stereocenters. The number of rotatable bonds is 9. The van der Waals surface area contributed by atoms with Crippen molar-refractivity contribution in [3.8, 4) is 5.75 Å². The lowest BCUT2D eigenvalue weighted by molar-refractivity contribution is -0.120. The van der Waals surface area contributed by atoms with Gasteiger partial charge in [0.05, 0.1) is 24.6 Å². The Kier molecular flexibility index (Phi) is 7.63. The van der Waals surface area contributed by atoms with E-state index in [1.54, 1.807) is 6.92 Å². The molecule has 1 amide bonds. The van der Waals surface area contributed by atoms with Gasteiger partial charge in [0.15, 0.2) is 0 Å². The van der Waals surface area contributed by atoms with Crippen LogP contribution in [0.4, 0.5) is 0 Å². The van der Waals surface area contributed by atoms with Crippen molar-refractivity contribution in [3.63, 3.8) is 0 Å². The molecule has 35 heavy (non-hydrogen) atoms. The van der Waals surface area contributed by atoms with E-state index in [2.05, 4.69) is 42.5 Å². The van der Waals surface area contributed by atoms with E-state index in [9.17, 15) is 9.90 Å². The topological polar surface area (TPSA) is 84.6 Å². The van der Waals surface area contributed by atoms with Gasteiger partial charge in [-0.05, 0) is 55.2 Å². The van der Waals surface area contributed by atoms with Crippen LogP contribution in [0.25, 0.3) is 0 Å². The summed E-state index contributed by atoms with van der Waals surface area (Å²) >= 11 is 0. The van der Waals surface area contributed by atoms with Crippen molar-refractivity contribution in [3.05, 3.63) is 118 Å². The molecule has 0 saturated carbocycles. The van der Waals surface area contributed by atoms with Crippen molar-refractivity contribution >= 4 is 5.91 Å². The van der Waals surface area contributed by atoms with E-state index in [1.165, 1.54) is 5.56 Å². The minimum Gasteiger partial charge on any atom is -0.489 e. The van der Waals surface area contributed by atoms with E-state index >= 15 is 0 Å². The smallest absolute Gasteiger partial charge is 0.225 e. The van der Waals surface area contributed by atoms with Crippen LogP contribution in [0.2, 0.25) is 0 Å². The van der Waals surface area contributed by atoms with Crippen molar-refractivity contribution in [2.24, 2.45) is 0 Å². The van der Waals surface area contributed by atoms with Gasteiger partial charge in [-0.25, -0.2) is 0 Å². The lowest BCUT2D eigenvalue weighted by Gasteiger charge is -2.22. The number of hydrogen-bond donors (Lipinski definition) is 2. The summed E-state index contributed by atoms with van der Waals surface area (Å²) in [7, 11) is 0. The largest absolute Gasteiger partial charge is 0.489 e. The molecular weight excluding hydrogens is 440 g/mol. The highest BCUT2D eigenvalue weighted by molar-refractivity contribution is 5.79. The van der Waals surface area contributed by atoms with E-state index in [-0.39, 0.29) is 31.6 Å². The third kappa shape index (κ3) is 5.97. The number of carbonyl (C=O) groups is 1. The maximum atomic E-state index is 13.0. The highest BCUT2D eigenvalue weighted by Crippen LogP contribution is 2.26. The van der Waals surface area contributed by atoms with Crippen LogP contribution in [0.3, 0.4) is 0 Å². The van der Waals surface area contributed by atoms with Gasteiger partial charge in [0.2, 0.25) is 5.91 Å². The van der Waals surface area contributed by atoms with Gasteiger partial charge in [-0.15, -0.1) is 0 Å². The third-order valence-corrected chi connectivity index (χ3v) is 6.06. The van der Waals surface area contributed by atoms with Crippen LogP contribution < -0.4 is 10.1 Å². The Balaban J connectivity index is 1.43. The molecule has 6 nitrogen and oxygen atoms in total. The summed E-state index contributed by atoms with van der Waals surface area (Å²) in [6.45, 7) is 5.98. The number of hydrogen-bond acceptors (Lipinski definition) is 5. The van der Waals surface area contributed by atoms with Gasteiger partial charge < -0.3 is 19.7 Å². The molecule has 3 aromatic carbocycles. The number of aliphatic hydroxyl groups is 1. The average molecular weight is 471 g/mol. The highest BCUT2D eigenvalue weighted by Gasteiger charge is 2.19. The zero-order valence-electron chi connectivity index (χ0n) is 20.2. The van der Waals surface area contributed by atoms with E-state index in [0.29, 0.717) is 17.2 Å². The molecule has 0 bridgehead atoms. The van der Waals surface area contributed by atoms with Crippen molar-refractivity contribution in [2.45, 2.75) is 46.4 Å². The molecule has 2 N–H and O–H groups in total. The number of nitrogens with zero attached hydrogens (tertiary/aromatic N) is 1. The fourth-order valence-corrected chi connectivity index (χ4v) is 4.14. The number of carbonyl (C=O) groups excluding carboxylic acids is 1. The molecule has 1 aromatic heterocycles. The van der Waals surface area contributed by atoms with E-state index in [0.717, 1.165) is 27.8 Å². The summed E-state index contributed by atoms with van der Waals surface area (Å²) in [5.41, 5.74) is 6.58. The molecule has 0 radical (unpaired) electrons.